The molecule has 0 aliphatic heterocycles. The molecule has 0 aromatic rings. The first-order valence-electron chi connectivity index (χ1n) is 5.27. The highest BCUT2D eigenvalue weighted by molar-refractivity contribution is 9.09. The predicted molar refractivity (Wildman–Crippen MR) is 65.7 cm³/mol. The minimum atomic E-state index is -2.79. The molecule has 14 heavy (non-hydrogen) atoms. The lowest BCUT2D eigenvalue weighted by atomic mass is 10.0. The van der Waals surface area contributed by atoms with E-state index in [9.17, 15) is 8.42 Å². The number of rotatable bonds is 7. The summed E-state index contributed by atoms with van der Waals surface area (Å²) < 4.78 is 22.9. The van der Waals surface area contributed by atoms with Crippen LogP contribution in [0.25, 0.3) is 0 Å². The van der Waals surface area contributed by atoms with E-state index in [1.54, 1.807) is 0 Å². The second kappa shape index (κ2) is 6.83. The molecular weight excluding hydrogens is 264 g/mol. The van der Waals surface area contributed by atoms with Gasteiger partial charge in [0, 0.05) is 10.6 Å². The van der Waals surface area contributed by atoms with Gasteiger partial charge in [0.15, 0.2) is 0 Å². The minimum absolute atomic E-state index is 0.333. The second-order valence-electron chi connectivity index (χ2n) is 3.79. The molecule has 0 aromatic carbocycles. The molecule has 4 heteroatoms. The Morgan fingerprint density at radius 3 is 2.14 bits per heavy atom. The molecule has 0 bridgehead atoms. The quantitative estimate of drug-likeness (QED) is 0.674. The van der Waals surface area contributed by atoms with Gasteiger partial charge in [-0.1, -0.05) is 43.1 Å². The van der Waals surface area contributed by atoms with Gasteiger partial charge in [0.05, 0.1) is 5.75 Å². The van der Waals surface area contributed by atoms with Gasteiger partial charge in [-0.15, -0.1) is 0 Å². The van der Waals surface area contributed by atoms with Crippen molar-refractivity contribution in [2.24, 2.45) is 5.92 Å². The molecule has 0 fully saturated rings. The van der Waals surface area contributed by atoms with E-state index in [0.717, 1.165) is 19.3 Å². The standard InChI is InChI=1S/C10H21BrO2S/c1-4-7-14(12,13)8-6-10(5-2)9(3)11/h9-10H,4-8H2,1-3H3. The van der Waals surface area contributed by atoms with Gasteiger partial charge in [-0.3, -0.25) is 0 Å². The lowest BCUT2D eigenvalue weighted by Gasteiger charge is -2.17. The van der Waals surface area contributed by atoms with Crippen LogP contribution in [0.3, 0.4) is 0 Å². The van der Waals surface area contributed by atoms with Gasteiger partial charge in [-0.25, -0.2) is 8.42 Å². The number of hydrogen-bond donors (Lipinski definition) is 0. The third-order valence-corrected chi connectivity index (χ3v) is 5.12. The summed E-state index contributed by atoms with van der Waals surface area (Å²) in [7, 11) is -2.79. The van der Waals surface area contributed by atoms with E-state index in [1.807, 2.05) is 6.92 Å². The van der Waals surface area contributed by atoms with Crippen LogP contribution in [0, 0.1) is 5.92 Å². The average Bonchev–Trinajstić information content (AvgIpc) is 2.04. The molecule has 0 rings (SSSR count). The lowest BCUT2D eigenvalue weighted by Crippen LogP contribution is -2.18. The Morgan fingerprint density at radius 1 is 1.21 bits per heavy atom. The fourth-order valence-corrected chi connectivity index (χ4v) is 3.63. The van der Waals surface area contributed by atoms with Crippen molar-refractivity contribution in [3.8, 4) is 0 Å². The summed E-state index contributed by atoms with van der Waals surface area (Å²) in [4.78, 5) is 0.407. The van der Waals surface area contributed by atoms with Crippen LogP contribution in [0.5, 0.6) is 0 Å². The molecular formula is C10H21BrO2S. The van der Waals surface area contributed by atoms with Crippen molar-refractivity contribution in [2.75, 3.05) is 11.5 Å². The molecule has 2 atom stereocenters. The summed E-state index contributed by atoms with van der Waals surface area (Å²) in [5.74, 6) is 1.15. The zero-order valence-corrected chi connectivity index (χ0v) is 11.7. The fourth-order valence-electron chi connectivity index (χ4n) is 1.50. The Labute approximate surface area is 96.5 Å². The largest absolute Gasteiger partial charge is 0.229 e. The zero-order chi connectivity index (χ0) is 11.2. The zero-order valence-electron chi connectivity index (χ0n) is 9.29. The molecule has 86 valence electrons. The summed E-state index contributed by atoms with van der Waals surface area (Å²) in [6.45, 7) is 6.09. The van der Waals surface area contributed by atoms with Gasteiger partial charge in [-0.05, 0) is 18.8 Å². The maximum Gasteiger partial charge on any atom is 0.150 e. The lowest BCUT2D eigenvalue weighted by molar-refractivity contribution is 0.490. The highest BCUT2D eigenvalue weighted by Crippen LogP contribution is 2.20. The van der Waals surface area contributed by atoms with Crippen molar-refractivity contribution in [3.05, 3.63) is 0 Å². The summed E-state index contributed by atoms with van der Waals surface area (Å²) in [6, 6.07) is 0. The van der Waals surface area contributed by atoms with Crippen LogP contribution in [0.2, 0.25) is 0 Å². The van der Waals surface area contributed by atoms with Crippen LogP contribution < -0.4 is 0 Å². The fraction of sp³-hybridized carbons (Fsp3) is 1.00. The molecule has 0 radical (unpaired) electrons. The molecule has 2 unspecified atom stereocenters. The van der Waals surface area contributed by atoms with E-state index < -0.39 is 9.84 Å². The van der Waals surface area contributed by atoms with Crippen molar-refractivity contribution in [2.45, 2.75) is 44.9 Å². The first-order chi connectivity index (χ1) is 6.43. The molecule has 0 aliphatic carbocycles. The van der Waals surface area contributed by atoms with Crippen LogP contribution in [0.4, 0.5) is 0 Å². The monoisotopic (exact) mass is 284 g/mol. The second-order valence-corrected chi connectivity index (χ2v) is 7.53. The molecule has 0 saturated carbocycles. The van der Waals surface area contributed by atoms with E-state index in [4.69, 9.17) is 0 Å². The van der Waals surface area contributed by atoms with E-state index >= 15 is 0 Å². The molecule has 0 heterocycles. The van der Waals surface area contributed by atoms with E-state index in [-0.39, 0.29) is 0 Å². The van der Waals surface area contributed by atoms with Crippen LogP contribution in [-0.2, 0) is 9.84 Å². The van der Waals surface area contributed by atoms with Crippen LogP contribution in [-0.4, -0.2) is 24.8 Å². The van der Waals surface area contributed by atoms with Crippen molar-refractivity contribution in [1.29, 1.82) is 0 Å². The molecule has 2 nitrogen and oxygen atoms in total. The minimum Gasteiger partial charge on any atom is -0.229 e. The number of hydrogen-bond acceptors (Lipinski definition) is 2. The van der Waals surface area contributed by atoms with E-state index in [0.29, 0.717) is 22.3 Å². The van der Waals surface area contributed by atoms with Crippen LogP contribution in [0.15, 0.2) is 0 Å². The molecule has 0 saturated heterocycles. The summed E-state index contributed by atoms with van der Waals surface area (Å²) in [5, 5.41) is 0. The Hall–Kier alpha value is 0.430. The van der Waals surface area contributed by atoms with E-state index in [1.165, 1.54) is 0 Å². The molecule has 0 aromatic heterocycles. The first-order valence-corrected chi connectivity index (χ1v) is 8.01. The van der Waals surface area contributed by atoms with Gasteiger partial charge in [0.1, 0.15) is 9.84 Å². The Kier molecular flexibility index (Phi) is 7.04. The third-order valence-electron chi connectivity index (χ3n) is 2.49. The van der Waals surface area contributed by atoms with Crippen LogP contribution >= 0.6 is 15.9 Å². The highest BCUT2D eigenvalue weighted by atomic mass is 79.9. The van der Waals surface area contributed by atoms with Gasteiger partial charge in [-0.2, -0.15) is 0 Å². The maximum atomic E-state index is 11.5. The number of halogens is 1. The molecule has 0 spiro atoms. The Balaban J connectivity index is 4.03. The average molecular weight is 285 g/mol. The highest BCUT2D eigenvalue weighted by Gasteiger charge is 2.16. The SMILES string of the molecule is CCCS(=O)(=O)CCC(CC)C(C)Br. The van der Waals surface area contributed by atoms with Crippen molar-refractivity contribution in [1.82, 2.24) is 0 Å². The summed E-state index contributed by atoms with van der Waals surface area (Å²) in [6.07, 6.45) is 2.54. The van der Waals surface area contributed by atoms with Gasteiger partial charge in [0.2, 0.25) is 0 Å². The number of sulfone groups is 1. The third kappa shape index (κ3) is 6.02. The van der Waals surface area contributed by atoms with Gasteiger partial charge >= 0.3 is 0 Å². The number of alkyl halides is 1. The van der Waals surface area contributed by atoms with E-state index in [2.05, 4.69) is 29.8 Å². The summed E-state index contributed by atoms with van der Waals surface area (Å²) in [5.41, 5.74) is 0. The maximum absolute atomic E-state index is 11.5. The van der Waals surface area contributed by atoms with Crippen molar-refractivity contribution >= 4 is 25.8 Å². The molecule has 0 aliphatic rings. The van der Waals surface area contributed by atoms with Crippen LogP contribution in [0.1, 0.15) is 40.0 Å². The normalized spacial score (nSPS) is 16.6. The molecule has 0 N–H and O–H groups in total. The Morgan fingerprint density at radius 2 is 1.79 bits per heavy atom. The Bertz CT molecular complexity index is 235. The van der Waals surface area contributed by atoms with Gasteiger partial charge in [0.25, 0.3) is 0 Å². The van der Waals surface area contributed by atoms with Crippen molar-refractivity contribution in [3.63, 3.8) is 0 Å². The molecule has 0 amide bonds. The first kappa shape index (κ1) is 14.4. The van der Waals surface area contributed by atoms with Crippen molar-refractivity contribution < 1.29 is 8.42 Å². The van der Waals surface area contributed by atoms with Gasteiger partial charge < -0.3 is 0 Å². The summed E-state index contributed by atoms with van der Waals surface area (Å²) >= 11 is 3.51. The topological polar surface area (TPSA) is 34.1 Å². The predicted octanol–water partition coefficient (Wildman–Crippen LogP) is 3.01. The smallest absolute Gasteiger partial charge is 0.150 e.